The Morgan fingerprint density at radius 1 is 1.00 bits per heavy atom. The Kier molecular flexibility index (Phi) is 3.76. The van der Waals surface area contributed by atoms with Crippen molar-refractivity contribution in [3.05, 3.63) is 60.2 Å². The van der Waals surface area contributed by atoms with E-state index in [-0.39, 0.29) is 0 Å². The first-order chi connectivity index (χ1) is 7.90. The molecule has 0 aromatic heterocycles. The van der Waals surface area contributed by atoms with E-state index in [9.17, 15) is 0 Å². The summed E-state index contributed by atoms with van der Waals surface area (Å²) in [5.74, 6) is 0. The summed E-state index contributed by atoms with van der Waals surface area (Å²) in [4.78, 5) is 0. The van der Waals surface area contributed by atoms with E-state index in [1.807, 2.05) is 18.2 Å². The van der Waals surface area contributed by atoms with Gasteiger partial charge in [0.1, 0.15) is 0 Å². The fourth-order valence-corrected chi connectivity index (χ4v) is 1.82. The minimum absolute atomic E-state index is 1.19. The van der Waals surface area contributed by atoms with E-state index in [1.165, 1.54) is 36.0 Å². The lowest BCUT2D eigenvalue weighted by Gasteiger charge is -2.03. The molecule has 2 rings (SSSR count). The predicted molar refractivity (Wildman–Crippen MR) is 69.3 cm³/mol. The van der Waals surface area contributed by atoms with Crippen LogP contribution >= 0.6 is 0 Å². The molecule has 0 saturated heterocycles. The van der Waals surface area contributed by atoms with Gasteiger partial charge in [0.2, 0.25) is 0 Å². The Morgan fingerprint density at radius 2 is 1.81 bits per heavy atom. The van der Waals surface area contributed by atoms with Crippen LogP contribution in [0.25, 0.3) is 11.1 Å². The molecular weight excluding hydrogens is 192 g/mol. The number of hydrogen-bond donors (Lipinski definition) is 0. The fourth-order valence-electron chi connectivity index (χ4n) is 1.82. The third kappa shape index (κ3) is 2.73. The van der Waals surface area contributed by atoms with Crippen molar-refractivity contribution in [2.24, 2.45) is 0 Å². The van der Waals surface area contributed by atoms with E-state index in [2.05, 4.69) is 43.3 Å². The van der Waals surface area contributed by atoms with Gasteiger partial charge in [0, 0.05) is 0 Å². The zero-order valence-corrected chi connectivity index (χ0v) is 9.74. The number of rotatable bonds is 4. The van der Waals surface area contributed by atoms with Crippen molar-refractivity contribution in [1.82, 2.24) is 0 Å². The Bertz CT molecular complexity index is 412. The summed E-state index contributed by atoms with van der Waals surface area (Å²) in [6, 6.07) is 20.1. The van der Waals surface area contributed by atoms with Crippen molar-refractivity contribution < 1.29 is 0 Å². The molecule has 0 fully saturated rings. The van der Waals surface area contributed by atoms with Gasteiger partial charge >= 0.3 is 0 Å². The van der Waals surface area contributed by atoms with Crippen LogP contribution in [0.15, 0.2) is 48.5 Å². The van der Waals surface area contributed by atoms with Crippen LogP contribution in [0.5, 0.6) is 0 Å². The molecule has 0 bridgehead atoms. The highest BCUT2D eigenvalue weighted by molar-refractivity contribution is 5.63. The maximum Gasteiger partial charge on any atom is -0.0178 e. The number of unbranched alkanes of at least 4 members (excludes halogenated alkanes) is 1. The van der Waals surface area contributed by atoms with Crippen molar-refractivity contribution in [1.29, 1.82) is 0 Å². The Labute approximate surface area is 97.9 Å². The van der Waals surface area contributed by atoms with Crippen LogP contribution in [0.3, 0.4) is 0 Å². The third-order valence-corrected chi connectivity index (χ3v) is 2.81. The van der Waals surface area contributed by atoms with Gasteiger partial charge < -0.3 is 0 Å². The van der Waals surface area contributed by atoms with Crippen LogP contribution in [0, 0.1) is 6.07 Å². The van der Waals surface area contributed by atoms with Gasteiger partial charge in [0.15, 0.2) is 0 Å². The van der Waals surface area contributed by atoms with Gasteiger partial charge in [-0.15, -0.1) is 0 Å². The maximum absolute atomic E-state index is 3.11. The SMILES string of the molecule is CCCCc1ccc(-c2c[c]ccc2)cc1. The van der Waals surface area contributed by atoms with E-state index in [1.54, 1.807) is 0 Å². The molecule has 0 atom stereocenters. The summed E-state index contributed by atoms with van der Waals surface area (Å²) < 4.78 is 0. The van der Waals surface area contributed by atoms with Crippen LogP contribution < -0.4 is 0 Å². The largest absolute Gasteiger partial charge is 0.0654 e. The summed E-state index contributed by atoms with van der Waals surface area (Å²) in [6.07, 6.45) is 3.73. The van der Waals surface area contributed by atoms with Crippen molar-refractivity contribution in [2.75, 3.05) is 0 Å². The molecule has 0 aliphatic carbocycles. The molecule has 0 nitrogen and oxygen atoms in total. The normalized spacial score (nSPS) is 10.3. The van der Waals surface area contributed by atoms with Gasteiger partial charge in [0.05, 0.1) is 0 Å². The van der Waals surface area contributed by atoms with Crippen LogP contribution in [-0.4, -0.2) is 0 Å². The molecule has 0 heteroatoms. The zero-order valence-electron chi connectivity index (χ0n) is 9.74. The van der Waals surface area contributed by atoms with Crippen molar-refractivity contribution >= 4 is 0 Å². The highest BCUT2D eigenvalue weighted by Crippen LogP contribution is 2.19. The first-order valence-electron chi connectivity index (χ1n) is 5.95. The zero-order chi connectivity index (χ0) is 11.2. The highest BCUT2D eigenvalue weighted by Gasteiger charge is 1.97. The molecule has 0 heterocycles. The second-order valence-corrected chi connectivity index (χ2v) is 4.09. The summed E-state index contributed by atoms with van der Waals surface area (Å²) in [7, 11) is 0. The van der Waals surface area contributed by atoms with Gasteiger partial charge in [-0.1, -0.05) is 55.8 Å². The minimum atomic E-state index is 1.19. The van der Waals surface area contributed by atoms with E-state index >= 15 is 0 Å². The first-order valence-corrected chi connectivity index (χ1v) is 5.95. The van der Waals surface area contributed by atoms with Crippen LogP contribution in [-0.2, 0) is 6.42 Å². The van der Waals surface area contributed by atoms with E-state index in [4.69, 9.17) is 0 Å². The summed E-state index contributed by atoms with van der Waals surface area (Å²) in [5, 5.41) is 0. The van der Waals surface area contributed by atoms with Gasteiger partial charge in [-0.25, -0.2) is 0 Å². The van der Waals surface area contributed by atoms with Gasteiger partial charge in [-0.05, 0) is 41.7 Å². The molecule has 81 valence electrons. The van der Waals surface area contributed by atoms with E-state index in [0.717, 1.165) is 0 Å². The predicted octanol–water partition coefficient (Wildman–Crippen LogP) is 4.50. The van der Waals surface area contributed by atoms with Crippen molar-refractivity contribution in [2.45, 2.75) is 26.2 Å². The third-order valence-electron chi connectivity index (χ3n) is 2.81. The fraction of sp³-hybridized carbons (Fsp3) is 0.250. The monoisotopic (exact) mass is 209 g/mol. The van der Waals surface area contributed by atoms with Gasteiger partial charge in [-0.2, -0.15) is 0 Å². The van der Waals surface area contributed by atoms with Crippen LogP contribution in [0.2, 0.25) is 0 Å². The second kappa shape index (κ2) is 5.50. The van der Waals surface area contributed by atoms with Gasteiger partial charge in [-0.3, -0.25) is 0 Å². The van der Waals surface area contributed by atoms with Crippen molar-refractivity contribution in [3.63, 3.8) is 0 Å². The lowest BCUT2D eigenvalue weighted by molar-refractivity contribution is 0.795. The molecule has 2 aromatic rings. The average Bonchev–Trinajstić information content (AvgIpc) is 2.38. The number of benzene rings is 2. The standard InChI is InChI=1S/C16H17/c1-2-3-7-14-10-12-16(13-11-14)15-8-5-4-6-9-15/h4-5,8-13H,2-3,7H2,1H3. The molecule has 1 radical (unpaired) electrons. The summed E-state index contributed by atoms with van der Waals surface area (Å²) >= 11 is 0. The minimum Gasteiger partial charge on any atom is -0.0654 e. The first kappa shape index (κ1) is 10.9. The van der Waals surface area contributed by atoms with Crippen LogP contribution in [0.4, 0.5) is 0 Å². The second-order valence-electron chi connectivity index (χ2n) is 4.09. The average molecular weight is 209 g/mol. The molecule has 2 aromatic carbocycles. The Hall–Kier alpha value is -1.56. The molecule has 0 spiro atoms. The summed E-state index contributed by atoms with van der Waals surface area (Å²) in [6.45, 7) is 2.23. The smallest absolute Gasteiger partial charge is 0.0178 e. The topological polar surface area (TPSA) is 0 Å². The molecule has 0 aliphatic heterocycles. The molecule has 0 N–H and O–H groups in total. The van der Waals surface area contributed by atoms with Crippen LogP contribution in [0.1, 0.15) is 25.3 Å². The van der Waals surface area contributed by atoms with Crippen molar-refractivity contribution in [3.8, 4) is 11.1 Å². The molecule has 0 aliphatic rings. The van der Waals surface area contributed by atoms with E-state index in [0.29, 0.717) is 0 Å². The number of aryl methyl sites for hydroxylation is 1. The molecule has 0 saturated carbocycles. The molecule has 0 amide bonds. The number of hydrogen-bond acceptors (Lipinski definition) is 0. The van der Waals surface area contributed by atoms with Gasteiger partial charge in [0.25, 0.3) is 0 Å². The Morgan fingerprint density at radius 3 is 2.44 bits per heavy atom. The maximum atomic E-state index is 3.11. The summed E-state index contributed by atoms with van der Waals surface area (Å²) in [5.41, 5.74) is 3.95. The quantitative estimate of drug-likeness (QED) is 0.695. The Balaban J connectivity index is 2.13. The van der Waals surface area contributed by atoms with E-state index < -0.39 is 0 Å². The molecular formula is C16H17. The highest BCUT2D eigenvalue weighted by atomic mass is 14.0. The molecule has 0 unspecified atom stereocenters. The lowest BCUT2D eigenvalue weighted by Crippen LogP contribution is -1.84. The lowest BCUT2D eigenvalue weighted by atomic mass is 10.0. The molecule has 16 heavy (non-hydrogen) atoms.